The van der Waals surface area contributed by atoms with Crippen molar-refractivity contribution in [2.45, 2.75) is 39.2 Å². The first-order valence-electron chi connectivity index (χ1n) is 10.5. The van der Waals surface area contributed by atoms with E-state index in [1.807, 2.05) is 28.9 Å². The molecule has 0 atom stereocenters. The van der Waals surface area contributed by atoms with Gasteiger partial charge < -0.3 is 15.5 Å². The molecule has 0 aliphatic carbocycles. The number of hydrogen-bond acceptors (Lipinski definition) is 7. The lowest BCUT2D eigenvalue weighted by molar-refractivity contribution is 0.263. The van der Waals surface area contributed by atoms with Crippen molar-refractivity contribution in [3.63, 3.8) is 0 Å². The normalized spacial score (nSPS) is 15.9. The van der Waals surface area contributed by atoms with Gasteiger partial charge in [0.15, 0.2) is 5.65 Å². The van der Waals surface area contributed by atoms with Crippen LogP contribution in [0.15, 0.2) is 30.6 Å². The van der Waals surface area contributed by atoms with E-state index in [-0.39, 0.29) is 0 Å². The molecule has 154 valence electrons. The molecule has 2 N–H and O–H groups in total. The summed E-state index contributed by atoms with van der Waals surface area (Å²) in [6.07, 6.45) is 6.94. The Bertz CT molecular complexity index is 943. The van der Waals surface area contributed by atoms with Gasteiger partial charge in [0, 0.05) is 18.8 Å². The molecule has 1 aliphatic rings. The highest BCUT2D eigenvalue weighted by molar-refractivity contribution is 5.61. The Balaban J connectivity index is 1.53. The van der Waals surface area contributed by atoms with Crippen LogP contribution in [0, 0.1) is 5.92 Å². The molecule has 1 fully saturated rings. The minimum absolute atomic E-state index is 0.457. The van der Waals surface area contributed by atoms with E-state index >= 15 is 0 Å². The smallest absolute Gasteiger partial charge is 0.223 e. The molecule has 0 saturated carbocycles. The number of piperidine rings is 1. The van der Waals surface area contributed by atoms with Crippen LogP contribution < -0.4 is 10.6 Å². The fraction of sp³-hybridized carbons (Fsp3) is 0.524. The molecule has 8 nitrogen and oxygen atoms in total. The summed E-state index contributed by atoms with van der Waals surface area (Å²) in [4.78, 5) is 15.9. The second-order valence-electron chi connectivity index (χ2n) is 8.23. The first-order chi connectivity index (χ1) is 14.1. The van der Waals surface area contributed by atoms with Crippen molar-refractivity contribution in [2.24, 2.45) is 5.92 Å². The van der Waals surface area contributed by atoms with Gasteiger partial charge in [-0.2, -0.15) is 0 Å². The van der Waals surface area contributed by atoms with Crippen LogP contribution in [0.2, 0.25) is 0 Å². The number of nitrogens with zero attached hydrogens (tertiary/aromatic N) is 6. The quantitative estimate of drug-likeness (QED) is 0.637. The number of hydrogen-bond donors (Lipinski definition) is 2. The zero-order valence-electron chi connectivity index (χ0n) is 17.5. The third-order valence-electron chi connectivity index (χ3n) is 5.36. The van der Waals surface area contributed by atoms with Crippen LogP contribution in [0.25, 0.3) is 17.0 Å². The molecule has 3 aromatic rings. The highest BCUT2D eigenvalue weighted by atomic mass is 15.3. The Labute approximate surface area is 171 Å². The van der Waals surface area contributed by atoms with Gasteiger partial charge in [-0.15, -0.1) is 5.10 Å². The number of nitrogens with one attached hydrogen (secondary N) is 2. The minimum Gasteiger partial charge on any atom is -0.366 e. The lowest BCUT2D eigenvalue weighted by Gasteiger charge is -2.29. The molecule has 4 rings (SSSR count). The van der Waals surface area contributed by atoms with Crippen LogP contribution >= 0.6 is 0 Å². The van der Waals surface area contributed by atoms with E-state index in [2.05, 4.69) is 51.4 Å². The summed E-state index contributed by atoms with van der Waals surface area (Å²) in [7, 11) is 2.17. The van der Waals surface area contributed by atoms with Gasteiger partial charge in [-0.25, -0.2) is 19.5 Å². The number of aromatic nitrogens is 5. The predicted octanol–water partition coefficient (Wildman–Crippen LogP) is 3.15. The average Bonchev–Trinajstić information content (AvgIpc) is 3.13. The zero-order chi connectivity index (χ0) is 20.2. The van der Waals surface area contributed by atoms with Gasteiger partial charge in [0.1, 0.15) is 11.5 Å². The predicted molar refractivity (Wildman–Crippen MR) is 116 cm³/mol. The number of rotatable bonds is 7. The third kappa shape index (κ3) is 4.82. The number of imidazole rings is 1. The van der Waals surface area contributed by atoms with E-state index in [1.165, 1.54) is 0 Å². The van der Waals surface area contributed by atoms with Crippen molar-refractivity contribution in [2.75, 3.05) is 37.3 Å². The maximum atomic E-state index is 4.79. The van der Waals surface area contributed by atoms with Crippen molar-refractivity contribution in [3.8, 4) is 11.4 Å². The Morgan fingerprint density at radius 1 is 1.14 bits per heavy atom. The Morgan fingerprint density at radius 3 is 2.76 bits per heavy atom. The Kier molecular flexibility index (Phi) is 5.89. The topological polar surface area (TPSA) is 83.3 Å². The molecule has 8 heteroatoms. The van der Waals surface area contributed by atoms with Crippen molar-refractivity contribution in [1.82, 2.24) is 29.5 Å². The van der Waals surface area contributed by atoms with Crippen LogP contribution in [0.5, 0.6) is 0 Å². The van der Waals surface area contributed by atoms with Crippen molar-refractivity contribution in [1.29, 1.82) is 0 Å². The number of likely N-dealkylation sites (tertiary alicyclic amines) is 1. The lowest BCUT2D eigenvalue weighted by Crippen LogP contribution is -2.36. The minimum atomic E-state index is 0.457. The van der Waals surface area contributed by atoms with Crippen LogP contribution in [-0.2, 0) is 0 Å². The van der Waals surface area contributed by atoms with Crippen molar-refractivity contribution < 1.29 is 0 Å². The molecule has 29 heavy (non-hydrogen) atoms. The molecule has 4 heterocycles. The summed E-state index contributed by atoms with van der Waals surface area (Å²) in [6.45, 7) is 7.51. The standard InChI is InChI=1S/C21H30N8/c1-15(2)6-10-22-21-23-11-7-17(26-21)18-14-24-20-5-4-19(27-29(18)20)25-16-8-12-28(3)13-9-16/h4-5,7,11,14-16H,6,8-10,12-13H2,1-3H3,(H,25,27)(H,22,23,26). The molecule has 1 saturated heterocycles. The zero-order valence-corrected chi connectivity index (χ0v) is 17.5. The van der Waals surface area contributed by atoms with Crippen LogP contribution in [-0.4, -0.2) is 62.2 Å². The molecule has 1 aliphatic heterocycles. The van der Waals surface area contributed by atoms with Crippen LogP contribution in [0.4, 0.5) is 11.8 Å². The van der Waals surface area contributed by atoms with Gasteiger partial charge in [-0.1, -0.05) is 13.8 Å². The van der Waals surface area contributed by atoms with E-state index in [4.69, 9.17) is 5.10 Å². The van der Waals surface area contributed by atoms with E-state index in [1.54, 1.807) is 6.20 Å². The molecule has 0 unspecified atom stereocenters. The summed E-state index contributed by atoms with van der Waals surface area (Å²) in [5, 5.41) is 11.7. The summed E-state index contributed by atoms with van der Waals surface area (Å²) in [6, 6.07) is 6.36. The summed E-state index contributed by atoms with van der Waals surface area (Å²) in [5.74, 6) is 2.15. The van der Waals surface area contributed by atoms with Gasteiger partial charge in [-0.3, -0.25) is 0 Å². The first kappa shape index (κ1) is 19.6. The van der Waals surface area contributed by atoms with Gasteiger partial charge in [0.05, 0.1) is 11.9 Å². The average molecular weight is 395 g/mol. The Morgan fingerprint density at radius 2 is 1.97 bits per heavy atom. The van der Waals surface area contributed by atoms with Gasteiger partial charge in [0.25, 0.3) is 0 Å². The maximum Gasteiger partial charge on any atom is 0.223 e. The van der Waals surface area contributed by atoms with E-state index in [0.29, 0.717) is 17.9 Å². The molecular weight excluding hydrogens is 364 g/mol. The van der Waals surface area contributed by atoms with Crippen molar-refractivity contribution in [3.05, 3.63) is 30.6 Å². The lowest BCUT2D eigenvalue weighted by atomic mass is 10.1. The second-order valence-corrected chi connectivity index (χ2v) is 8.23. The second kappa shape index (κ2) is 8.73. The van der Waals surface area contributed by atoms with Gasteiger partial charge >= 0.3 is 0 Å². The monoisotopic (exact) mass is 394 g/mol. The summed E-state index contributed by atoms with van der Waals surface area (Å²) in [5.41, 5.74) is 2.48. The molecular formula is C21H30N8. The number of fused-ring (bicyclic) bond motifs is 1. The fourth-order valence-corrected chi connectivity index (χ4v) is 3.55. The van der Waals surface area contributed by atoms with Crippen LogP contribution in [0.3, 0.4) is 0 Å². The van der Waals surface area contributed by atoms with Gasteiger partial charge in [-0.05, 0) is 63.5 Å². The summed E-state index contributed by atoms with van der Waals surface area (Å²) < 4.78 is 1.86. The molecule has 0 radical (unpaired) electrons. The van der Waals surface area contributed by atoms with E-state index in [0.717, 1.165) is 61.7 Å². The first-order valence-corrected chi connectivity index (χ1v) is 10.5. The molecule has 0 spiro atoms. The number of anilines is 2. The molecule has 0 bridgehead atoms. The van der Waals surface area contributed by atoms with E-state index in [9.17, 15) is 0 Å². The molecule has 3 aromatic heterocycles. The third-order valence-corrected chi connectivity index (χ3v) is 5.36. The SMILES string of the molecule is CC(C)CCNc1nccc(-c2cnc3ccc(NC4CCN(C)CC4)nn23)n1. The highest BCUT2D eigenvalue weighted by Crippen LogP contribution is 2.21. The Hall–Kier alpha value is -2.74. The highest BCUT2D eigenvalue weighted by Gasteiger charge is 2.17. The van der Waals surface area contributed by atoms with E-state index < -0.39 is 0 Å². The summed E-state index contributed by atoms with van der Waals surface area (Å²) >= 11 is 0. The van der Waals surface area contributed by atoms with Crippen LogP contribution in [0.1, 0.15) is 33.1 Å². The van der Waals surface area contributed by atoms with Gasteiger partial charge in [0.2, 0.25) is 5.95 Å². The van der Waals surface area contributed by atoms with Crippen molar-refractivity contribution >= 4 is 17.4 Å². The molecule has 0 aromatic carbocycles. The maximum absolute atomic E-state index is 4.79. The fourth-order valence-electron chi connectivity index (χ4n) is 3.55. The molecule has 0 amide bonds. The largest absolute Gasteiger partial charge is 0.366 e.